The average Bonchev–Trinajstić information content (AvgIpc) is 3.16. The van der Waals surface area contributed by atoms with Crippen molar-refractivity contribution in [2.75, 3.05) is 19.7 Å². The Morgan fingerprint density at radius 2 is 1.62 bits per heavy atom. The van der Waals surface area contributed by atoms with Crippen molar-refractivity contribution in [1.82, 2.24) is 10.2 Å². The zero-order valence-electron chi connectivity index (χ0n) is 19.8. The minimum atomic E-state index is -0.785. The van der Waals surface area contributed by atoms with Crippen molar-refractivity contribution >= 4 is 18.0 Å². The Balaban J connectivity index is 1.27. The fraction of sp³-hybridized carbons (Fsp3) is 0.444. The Morgan fingerprint density at radius 3 is 2.15 bits per heavy atom. The van der Waals surface area contributed by atoms with E-state index in [0.29, 0.717) is 32.4 Å². The smallest absolute Gasteiger partial charge is 0.407 e. The van der Waals surface area contributed by atoms with E-state index in [9.17, 15) is 19.5 Å². The van der Waals surface area contributed by atoms with Gasteiger partial charge in [-0.1, -0.05) is 55.5 Å². The first kappa shape index (κ1) is 23.8. The molecule has 1 atom stereocenters. The van der Waals surface area contributed by atoms with Gasteiger partial charge in [0.25, 0.3) is 0 Å². The van der Waals surface area contributed by atoms with Gasteiger partial charge in [0.1, 0.15) is 6.61 Å². The van der Waals surface area contributed by atoms with Crippen LogP contribution in [0.4, 0.5) is 4.79 Å². The highest BCUT2D eigenvalue weighted by atomic mass is 16.5. The van der Waals surface area contributed by atoms with Crippen LogP contribution in [0.1, 0.15) is 56.6 Å². The number of likely N-dealkylation sites (tertiary alicyclic amines) is 1. The lowest BCUT2D eigenvalue weighted by Gasteiger charge is -2.38. The van der Waals surface area contributed by atoms with Gasteiger partial charge in [0, 0.05) is 31.5 Å². The van der Waals surface area contributed by atoms with Crippen molar-refractivity contribution < 1.29 is 24.2 Å². The van der Waals surface area contributed by atoms with Gasteiger partial charge in [-0.3, -0.25) is 9.59 Å². The highest BCUT2D eigenvalue weighted by molar-refractivity contribution is 5.80. The first-order chi connectivity index (χ1) is 16.3. The third kappa shape index (κ3) is 4.65. The fourth-order valence-corrected chi connectivity index (χ4v) is 5.19. The molecular weight excluding hydrogens is 432 g/mol. The molecule has 2 aliphatic rings. The second-order valence-corrected chi connectivity index (χ2v) is 9.39. The zero-order chi connectivity index (χ0) is 24.3. The number of carboxylic acids is 1. The number of rotatable bonds is 7. The third-order valence-corrected chi connectivity index (χ3v) is 7.39. The molecule has 180 valence electrons. The standard InChI is InChI=1S/C27H32N2O5/c1-3-27(25(31)32)12-14-29(15-13-27)24(30)16-18(2)28-26(33)34-17-23-21-10-6-4-8-19(21)20-9-5-7-11-22(20)23/h4-11,18,23H,3,12-17H2,1-2H3,(H,28,33)(H,31,32)/t18-/m0/s1. The van der Waals surface area contributed by atoms with Gasteiger partial charge >= 0.3 is 12.1 Å². The number of fused-ring (bicyclic) bond motifs is 3. The molecule has 0 saturated carbocycles. The number of alkyl carbamates (subject to hydrolysis) is 1. The quantitative estimate of drug-likeness (QED) is 0.633. The lowest BCUT2D eigenvalue weighted by molar-refractivity contribution is -0.154. The second-order valence-electron chi connectivity index (χ2n) is 9.39. The van der Waals surface area contributed by atoms with Crippen LogP contribution < -0.4 is 5.32 Å². The largest absolute Gasteiger partial charge is 0.481 e. The number of carbonyl (C=O) groups is 3. The molecule has 2 N–H and O–H groups in total. The van der Waals surface area contributed by atoms with Crippen LogP contribution in [0.25, 0.3) is 11.1 Å². The van der Waals surface area contributed by atoms with Crippen LogP contribution in [0.2, 0.25) is 0 Å². The number of nitrogens with zero attached hydrogens (tertiary/aromatic N) is 1. The molecule has 1 saturated heterocycles. The Kier molecular flexibility index (Phi) is 6.91. The van der Waals surface area contributed by atoms with Crippen LogP contribution in [0, 0.1) is 5.41 Å². The maximum Gasteiger partial charge on any atom is 0.407 e. The summed E-state index contributed by atoms with van der Waals surface area (Å²) in [5.74, 6) is -0.884. The Bertz CT molecular complexity index is 1030. The fourth-order valence-electron chi connectivity index (χ4n) is 5.19. The van der Waals surface area contributed by atoms with Gasteiger partial charge in [0.2, 0.25) is 5.91 Å². The van der Waals surface area contributed by atoms with E-state index >= 15 is 0 Å². The van der Waals surface area contributed by atoms with Crippen molar-refractivity contribution in [3.8, 4) is 11.1 Å². The summed E-state index contributed by atoms with van der Waals surface area (Å²) in [7, 11) is 0. The first-order valence-electron chi connectivity index (χ1n) is 12.0. The van der Waals surface area contributed by atoms with E-state index in [4.69, 9.17) is 4.74 Å². The van der Waals surface area contributed by atoms with Crippen LogP contribution >= 0.6 is 0 Å². The average molecular weight is 465 g/mol. The minimum absolute atomic E-state index is 0.0171. The van der Waals surface area contributed by atoms with E-state index in [-0.39, 0.29) is 30.9 Å². The summed E-state index contributed by atoms with van der Waals surface area (Å²) in [6.07, 6.45) is 1.08. The number of hydrogen-bond donors (Lipinski definition) is 2. The minimum Gasteiger partial charge on any atom is -0.481 e. The van der Waals surface area contributed by atoms with Gasteiger partial charge in [-0.25, -0.2) is 4.79 Å². The molecule has 34 heavy (non-hydrogen) atoms. The number of carbonyl (C=O) groups excluding carboxylic acids is 2. The Hall–Kier alpha value is -3.35. The van der Waals surface area contributed by atoms with Crippen LogP contribution in [0.5, 0.6) is 0 Å². The lowest BCUT2D eigenvalue weighted by Crippen LogP contribution is -2.47. The maximum atomic E-state index is 12.7. The molecule has 0 unspecified atom stereocenters. The van der Waals surface area contributed by atoms with Crippen LogP contribution in [-0.2, 0) is 14.3 Å². The molecule has 1 fully saturated rings. The maximum absolute atomic E-state index is 12.7. The number of amides is 2. The topological polar surface area (TPSA) is 95.9 Å². The number of benzene rings is 2. The molecular formula is C27H32N2O5. The normalized spacial score (nSPS) is 17.4. The molecule has 0 spiro atoms. The highest BCUT2D eigenvalue weighted by Gasteiger charge is 2.40. The summed E-state index contributed by atoms with van der Waals surface area (Å²) < 4.78 is 5.57. The lowest BCUT2D eigenvalue weighted by atomic mass is 9.76. The van der Waals surface area contributed by atoms with Gasteiger partial charge in [0.05, 0.1) is 5.41 Å². The number of nitrogens with one attached hydrogen (secondary N) is 1. The van der Waals surface area contributed by atoms with Crippen LogP contribution in [0.15, 0.2) is 48.5 Å². The van der Waals surface area contributed by atoms with Gasteiger partial charge in [-0.2, -0.15) is 0 Å². The molecule has 1 aliphatic heterocycles. The summed E-state index contributed by atoms with van der Waals surface area (Å²) in [5.41, 5.74) is 3.90. The Morgan fingerprint density at radius 1 is 1.06 bits per heavy atom. The molecule has 7 heteroatoms. The first-order valence-corrected chi connectivity index (χ1v) is 12.0. The van der Waals surface area contributed by atoms with E-state index in [1.807, 2.05) is 31.2 Å². The number of piperidine rings is 1. The van der Waals surface area contributed by atoms with Gasteiger partial charge in [-0.15, -0.1) is 0 Å². The van der Waals surface area contributed by atoms with Crippen molar-refractivity contribution in [1.29, 1.82) is 0 Å². The number of aliphatic carboxylic acids is 1. The molecule has 2 aromatic rings. The molecule has 1 aliphatic carbocycles. The highest BCUT2D eigenvalue weighted by Crippen LogP contribution is 2.44. The number of carboxylic acid groups (broad SMARTS) is 1. The number of hydrogen-bond acceptors (Lipinski definition) is 4. The molecule has 0 bridgehead atoms. The Labute approximate surface area is 200 Å². The predicted molar refractivity (Wildman–Crippen MR) is 128 cm³/mol. The summed E-state index contributed by atoms with van der Waals surface area (Å²) in [6.45, 7) is 4.73. The summed E-state index contributed by atoms with van der Waals surface area (Å²) in [5, 5.41) is 12.3. The molecule has 7 nitrogen and oxygen atoms in total. The SMILES string of the molecule is CCC1(C(=O)O)CCN(C(=O)C[C@H](C)NC(=O)OCC2c3ccccc3-c3ccccc32)CC1. The van der Waals surface area contributed by atoms with Gasteiger partial charge in [-0.05, 0) is 48.4 Å². The summed E-state index contributed by atoms with van der Waals surface area (Å²) in [4.78, 5) is 38.5. The zero-order valence-corrected chi connectivity index (χ0v) is 19.8. The predicted octanol–water partition coefficient (Wildman–Crippen LogP) is 4.41. The van der Waals surface area contributed by atoms with Gasteiger partial charge < -0.3 is 20.1 Å². The van der Waals surface area contributed by atoms with Crippen molar-refractivity contribution in [2.24, 2.45) is 5.41 Å². The van der Waals surface area contributed by atoms with Crippen molar-refractivity contribution in [3.63, 3.8) is 0 Å². The van der Waals surface area contributed by atoms with E-state index in [1.54, 1.807) is 11.8 Å². The molecule has 2 aromatic carbocycles. The van der Waals surface area contributed by atoms with Crippen molar-refractivity contribution in [3.05, 3.63) is 59.7 Å². The molecule has 2 amide bonds. The monoisotopic (exact) mass is 464 g/mol. The number of ether oxygens (including phenoxy) is 1. The molecule has 4 rings (SSSR count). The van der Waals surface area contributed by atoms with E-state index in [0.717, 1.165) is 11.1 Å². The van der Waals surface area contributed by atoms with Gasteiger partial charge in [0.15, 0.2) is 0 Å². The molecule has 0 aromatic heterocycles. The molecule has 1 heterocycles. The summed E-state index contributed by atoms with van der Waals surface area (Å²) >= 11 is 0. The van der Waals surface area contributed by atoms with E-state index < -0.39 is 17.5 Å². The van der Waals surface area contributed by atoms with Crippen LogP contribution in [0.3, 0.4) is 0 Å². The third-order valence-electron chi connectivity index (χ3n) is 7.39. The second kappa shape index (κ2) is 9.87. The van der Waals surface area contributed by atoms with E-state index in [2.05, 4.69) is 29.6 Å². The van der Waals surface area contributed by atoms with Crippen molar-refractivity contribution in [2.45, 2.75) is 51.5 Å². The van der Waals surface area contributed by atoms with Crippen LogP contribution in [-0.4, -0.2) is 53.7 Å². The van der Waals surface area contributed by atoms with E-state index in [1.165, 1.54) is 11.1 Å². The molecule has 0 radical (unpaired) electrons. The summed E-state index contributed by atoms with van der Waals surface area (Å²) in [6, 6.07) is 15.9.